The van der Waals surface area contributed by atoms with Crippen molar-refractivity contribution in [1.29, 1.82) is 0 Å². The Morgan fingerprint density at radius 2 is 1.74 bits per heavy atom. The molecule has 0 fully saturated rings. The highest BCUT2D eigenvalue weighted by molar-refractivity contribution is 5.94. The predicted octanol–water partition coefficient (Wildman–Crippen LogP) is 3.84. The van der Waals surface area contributed by atoms with Crippen LogP contribution in [-0.2, 0) is 6.42 Å². The van der Waals surface area contributed by atoms with Crippen LogP contribution >= 0.6 is 0 Å². The van der Waals surface area contributed by atoms with Gasteiger partial charge in [-0.1, -0.05) is 37.6 Å². The lowest BCUT2D eigenvalue weighted by atomic mass is 10.1. The van der Waals surface area contributed by atoms with E-state index in [0.29, 0.717) is 13.1 Å². The third-order valence-corrected chi connectivity index (χ3v) is 3.01. The lowest BCUT2D eigenvalue weighted by Crippen LogP contribution is -2.31. The summed E-state index contributed by atoms with van der Waals surface area (Å²) in [5.41, 5.74) is 2.02. The molecule has 0 saturated carbocycles. The van der Waals surface area contributed by atoms with E-state index in [4.69, 9.17) is 0 Å². The maximum atomic E-state index is 12.3. The zero-order valence-electron chi connectivity index (χ0n) is 11.8. The van der Waals surface area contributed by atoms with Crippen LogP contribution in [0.1, 0.15) is 35.7 Å². The van der Waals surface area contributed by atoms with E-state index in [2.05, 4.69) is 20.1 Å². The third-order valence-electron chi connectivity index (χ3n) is 3.01. The Kier molecular flexibility index (Phi) is 6.65. The minimum Gasteiger partial charge on any atom is -0.331 e. The number of amides is 1. The molecule has 0 heterocycles. The average molecular weight is 257 g/mol. The van der Waals surface area contributed by atoms with Crippen LogP contribution in [-0.4, -0.2) is 23.9 Å². The number of carbonyl (C=O) groups is 1. The molecular formula is C17H23NO. The summed E-state index contributed by atoms with van der Waals surface area (Å²) in [5.74, 6) is 0.0295. The Balaban J connectivity index is 2.74. The summed E-state index contributed by atoms with van der Waals surface area (Å²) in [6.07, 6.45) is 6.92. The highest BCUT2D eigenvalue weighted by Gasteiger charge is 2.12. The zero-order valence-corrected chi connectivity index (χ0v) is 11.8. The number of benzene rings is 1. The van der Waals surface area contributed by atoms with E-state index in [1.54, 1.807) is 17.1 Å². The minimum absolute atomic E-state index is 0.0295. The molecule has 102 valence electrons. The standard InChI is InChI=1S/C17H23NO/c1-4-7-8-15-9-11-16(12-10-15)17(19)18(13-5-2)14-6-3/h5-6,9-12H,2-4,7-8,13-14H2,1H3. The number of rotatable bonds is 8. The van der Waals surface area contributed by atoms with E-state index in [-0.39, 0.29) is 5.91 Å². The molecule has 0 aliphatic rings. The van der Waals surface area contributed by atoms with E-state index in [9.17, 15) is 4.79 Å². The van der Waals surface area contributed by atoms with Gasteiger partial charge in [0.15, 0.2) is 0 Å². The molecule has 0 radical (unpaired) electrons. The number of carbonyl (C=O) groups excluding carboxylic acids is 1. The number of hydrogen-bond donors (Lipinski definition) is 0. The Morgan fingerprint density at radius 3 is 2.21 bits per heavy atom. The maximum Gasteiger partial charge on any atom is 0.254 e. The van der Waals surface area contributed by atoms with Crippen molar-refractivity contribution < 1.29 is 4.79 Å². The van der Waals surface area contributed by atoms with Crippen molar-refractivity contribution in [2.24, 2.45) is 0 Å². The summed E-state index contributed by atoms with van der Waals surface area (Å²) in [6.45, 7) is 10.6. The highest BCUT2D eigenvalue weighted by Crippen LogP contribution is 2.10. The summed E-state index contributed by atoms with van der Waals surface area (Å²) in [7, 11) is 0. The van der Waals surface area contributed by atoms with Crippen LogP contribution in [0.25, 0.3) is 0 Å². The molecule has 0 aliphatic heterocycles. The van der Waals surface area contributed by atoms with Crippen LogP contribution in [0.5, 0.6) is 0 Å². The van der Waals surface area contributed by atoms with Crippen molar-refractivity contribution in [1.82, 2.24) is 4.90 Å². The first kappa shape index (κ1) is 15.2. The molecule has 0 bridgehead atoms. The molecule has 0 aliphatic carbocycles. The van der Waals surface area contributed by atoms with Crippen LogP contribution in [0.3, 0.4) is 0 Å². The number of hydrogen-bond acceptors (Lipinski definition) is 1. The van der Waals surface area contributed by atoms with Crippen molar-refractivity contribution in [2.45, 2.75) is 26.2 Å². The molecule has 1 rings (SSSR count). The largest absolute Gasteiger partial charge is 0.331 e. The second-order valence-electron chi connectivity index (χ2n) is 4.59. The molecule has 1 aromatic rings. The summed E-state index contributed by atoms with van der Waals surface area (Å²) < 4.78 is 0. The summed E-state index contributed by atoms with van der Waals surface area (Å²) >= 11 is 0. The van der Waals surface area contributed by atoms with Gasteiger partial charge in [0.2, 0.25) is 0 Å². The number of nitrogens with zero attached hydrogens (tertiary/aromatic N) is 1. The zero-order chi connectivity index (χ0) is 14.1. The van der Waals surface area contributed by atoms with E-state index in [0.717, 1.165) is 12.0 Å². The van der Waals surface area contributed by atoms with Gasteiger partial charge < -0.3 is 4.90 Å². The topological polar surface area (TPSA) is 20.3 Å². The SMILES string of the molecule is C=CCN(CC=C)C(=O)c1ccc(CCCC)cc1. The van der Waals surface area contributed by atoms with Gasteiger partial charge in [0.25, 0.3) is 5.91 Å². The van der Waals surface area contributed by atoms with Crippen LogP contribution in [0.15, 0.2) is 49.6 Å². The first-order valence-corrected chi connectivity index (χ1v) is 6.83. The maximum absolute atomic E-state index is 12.3. The molecule has 1 amide bonds. The van der Waals surface area contributed by atoms with E-state index >= 15 is 0 Å². The molecule has 1 aromatic carbocycles. The fourth-order valence-corrected chi connectivity index (χ4v) is 1.93. The molecular weight excluding hydrogens is 234 g/mol. The first-order valence-electron chi connectivity index (χ1n) is 6.83. The Hall–Kier alpha value is -1.83. The fraction of sp³-hybridized carbons (Fsp3) is 0.353. The van der Waals surface area contributed by atoms with E-state index < -0.39 is 0 Å². The van der Waals surface area contributed by atoms with Crippen LogP contribution in [0, 0.1) is 0 Å². The summed E-state index contributed by atoms with van der Waals surface area (Å²) in [6, 6.07) is 7.91. The lowest BCUT2D eigenvalue weighted by Gasteiger charge is -2.19. The van der Waals surface area contributed by atoms with Gasteiger partial charge in [-0.05, 0) is 30.5 Å². The van der Waals surface area contributed by atoms with Gasteiger partial charge in [0.1, 0.15) is 0 Å². The average Bonchev–Trinajstić information content (AvgIpc) is 2.44. The Bertz CT molecular complexity index is 409. The fourth-order valence-electron chi connectivity index (χ4n) is 1.93. The van der Waals surface area contributed by atoms with Gasteiger partial charge in [-0.2, -0.15) is 0 Å². The normalized spacial score (nSPS) is 9.95. The predicted molar refractivity (Wildman–Crippen MR) is 81.4 cm³/mol. The van der Waals surface area contributed by atoms with Gasteiger partial charge >= 0.3 is 0 Å². The molecule has 0 atom stereocenters. The smallest absolute Gasteiger partial charge is 0.254 e. The molecule has 2 nitrogen and oxygen atoms in total. The van der Waals surface area contributed by atoms with Crippen LogP contribution in [0.2, 0.25) is 0 Å². The van der Waals surface area contributed by atoms with Crippen LogP contribution < -0.4 is 0 Å². The Morgan fingerprint density at radius 1 is 1.16 bits per heavy atom. The van der Waals surface area contributed by atoms with E-state index in [1.807, 2.05) is 24.3 Å². The molecule has 0 aromatic heterocycles. The van der Waals surface area contributed by atoms with E-state index in [1.165, 1.54) is 18.4 Å². The molecule has 0 spiro atoms. The van der Waals surface area contributed by atoms with Crippen molar-refractivity contribution in [2.75, 3.05) is 13.1 Å². The lowest BCUT2D eigenvalue weighted by molar-refractivity contribution is 0.0791. The molecule has 2 heteroatoms. The van der Waals surface area contributed by atoms with Crippen molar-refractivity contribution in [3.63, 3.8) is 0 Å². The molecule has 19 heavy (non-hydrogen) atoms. The number of unbranched alkanes of at least 4 members (excludes halogenated alkanes) is 1. The van der Waals surface area contributed by atoms with Gasteiger partial charge in [-0.3, -0.25) is 4.79 Å². The minimum atomic E-state index is 0.0295. The van der Waals surface area contributed by atoms with Crippen molar-refractivity contribution in [3.05, 3.63) is 60.7 Å². The van der Waals surface area contributed by atoms with Crippen molar-refractivity contribution >= 4 is 5.91 Å². The Labute approximate surface area is 116 Å². The molecule has 0 saturated heterocycles. The monoisotopic (exact) mass is 257 g/mol. The second-order valence-corrected chi connectivity index (χ2v) is 4.59. The van der Waals surface area contributed by atoms with Gasteiger partial charge in [0, 0.05) is 18.7 Å². The molecule has 0 N–H and O–H groups in total. The highest BCUT2D eigenvalue weighted by atomic mass is 16.2. The third kappa shape index (κ3) is 4.74. The van der Waals surface area contributed by atoms with Crippen LogP contribution in [0.4, 0.5) is 0 Å². The summed E-state index contributed by atoms with van der Waals surface area (Å²) in [4.78, 5) is 14.0. The second kappa shape index (κ2) is 8.30. The van der Waals surface area contributed by atoms with Gasteiger partial charge in [0.05, 0.1) is 0 Å². The first-order chi connectivity index (χ1) is 9.22. The summed E-state index contributed by atoms with van der Waals surface area (Å²) in [5, 5.41) is 0. The number of aryl methyl sites for hydroxylation is 1. The van der Waals surface area contributed by atoms with Crippen molar-refractivity contribution in [3.8, 4) is 0 Å². The van der Waals surface area contributed by atoms with Gasteiger partial charge in [-0.15, -0.1) is 13.2 Å². The quantitative estimate of drug-likeness (QED) is 0.648. The molecule has 0 unspecified atom stereocenters. The van der Waals surface area contributed by atoms with Gasteiger partial charge in [-0.25, -0.2) is 0 Å².